The first-order chi connectivity index (χ1) is 8.88. The minimum Gasteiger partial charge on any atom is -0.295 e. The zero-order chi connectivity index (χ0) is 14.0. The van der Waals surface area contributed by atoms with Crippen molar-refractivity contribution in [2.75, 3.05) is 19.3 Å². The van der Waals surface area contributed by atoms with Crippen molar-refractivity contribution in [3.8, 4) is 0 Å². The summed E-state index contributed by atoms with van der Waals surface area (Å²) in [6, 6.07) is 0. The van der Waals surface area contributed by atoms with Gasteiger partial charge in [-0.3, -0.25) is 9.47 Å². The van der Waals surface area contributed by atoms with Crippen molar-refractivity contribution in [1.29, 1.82) is 0 Å². The van der Waals surface area contributed by atoms with E-state index in [1.807, 2.05) is 4.90 Å². The van der Waals surface area contributed by atoms with Gasteiger partial charge in [0.15, 0.2) is 9.84 Å². The van der Waals surface area contributed by atoms with Crippen LogP contribution in [0.2, 0.25) is 0 Å². The van der Waals surface area contributed by atoms with E-state index in [4.69, 9.17) is 0 Å². The van der Waals surface area contributed by atoms with Gasteiger partial charge in [-0.15, -0.1) is 0 Å². The Morgan fingerprint density at radius 2 is 2.26 bits per heavy atom. The van der Waals surface area contributed by atoms with Crippen molar-refractivity contribution in [2.45, 2.75) is 31.2 Å². The van der Waals surface area contributed by atoms with E-state index in [0.29, 0.717) is 19.5 Å². The molecule has 0 spiro atoms. The quantitative estimate of drug-likeness (QED) is 0.839. The van der Waals surface area contributed by atoms with Gasteiger partial charge in [-0.2, -0.15) is 8.78 Å². The van der Waals surface area contributed by atoms with Crippen molar-refractivity contribution >= 4 is 9.84 Å². The maximum absolute atomic E-state index is 12.7. The molecule has 0 aromatic carbocycles. The Hall–Kier alpha value is -1.02. The number of aromatic nitrogens is 2. The summed E-state index contributed by atoms with van der Waals surface area (Å²) in [5.41, 5.74) is 0. The lowest BCUT2D eigenvalue weighted by Crippen LogP contribution is -2.41. The van der Waals surface area contributed by atoms with Gasteiger partial charge in [-0.25, -0.2) is 13.4 Å². The third-order valence-corrected chi connectivity index (χ3v) is 4.99. The average Bonchev–Trinajstić information content (AvgIpc) is 2.76. The van der Waals surface area contributed by atoms with Crippen LogP contribution in [0.5, 0.6) is 0 Å². The number of halogens is 2. The van der Waals surface area contributed by atoms with Crippen molar-refractivity contribution < 1.29 is 17.2 Å². The second kappa shape index (κ2) is 5.54. The predicted molar refractivity (Wildman–Crippen MR) is 66.6 cm³/mol. The van der Waals surface area contributed by atoms with E-state index in [-0.39, 0.29) is 12.4 Å². The molecule has 19 heavy (non-hydrogen) atoms. The van der Waals surface area contributed by atoms with Crippen LogP contribution in [0.4, 0.5) is 8.78 Å². The fraction of sp³-hybridized carbons (Fsp3) is 0.727. The van der Waals surface area contributed by atoms with E-state index < -0.39 is 21.6 Å². The molecule has 1 saturated heterocycles. The van der Waals surface area contributed by atoms with Crippen LogP contribution in [0.3, 0.4) is 0 Å². The van der Waals surface area contributed by atoms with Crippen LogP contribution < -0.4 is 0 Å². The molecule has 1 aliphatic rings. The van der Waals surface area contributed by atoms with E-state index in [9.17, 15) is 17.2 Å². The number of alkyl halides is 2. The summed E-state index contributed by atoms with van der Waals surface area (Å²) in [6.45, 7) is -1.27. The number of piperidine rings is 1. The van der Waals surface area contributed by atoms with Crippen LogP contribution in [-0.4, -0.2) is 47.5 Å². The van der Waals surface area contributed by atoms with Crippen LogP contribution in [0.1, 0.15) is 25.2 Å². The molecule has 1 atom stereocenters. The Morgan fingerprint density at radius 3 is 2.89 bits per heavy atom. The minimum absolute atomic E-state index is 0.253. The Bertz CT molecular complexity index is 530. The molecule has 0 saturated carbocycles. The summed E-state index contributed by atoms with van der Waals surface area (Å²) >= 11 is 0. The number of rotatable bonds is 4. The van der Waals surface area contributed by atoms with Crippen LogP contribution in [0, 0.1) is 0 Å². The number of hydrogen-bond acceptors (Lipinski definition) is 4. The van der Waals surface area contributed by atoms with Gasteiger partial charge in [0, 0.05) is 25.2 Å². The molecule has 8 heteroatoms. The fourth-order valence-electron chi connectivity index (χ4n) is 2.35. The summed E-state index contributed by atoms with van der Waals surface area (Å²) in [5.74, 6) is 0.268. The van der Waals surface area contributed by atoms with Crippen molar-refractivity contribution in [2.24, 2.45) is 0 Å². The minimum atomic E-state index is -3.08. The maximum atomic E-state index is 12.7. The summed E-state index contributed by atoms with van der Waals surface area (Å²) < 4.78 is 49.3. The SMILES string of the molecule is CS(=O)(=O)C1CCCN(Cc2nccn2C(F)F)C1. The molecule has 0 bridgehead atoms. The third-order valence-electron chi connectivity index (χ3n) is 3.39. The molecule has 1 aliphatic heterocycles. The Balaban J connectivity index is 2.05. The topological polar surface area (TPSA) is 55.2 Å². The number of imidazole rings is 1. The van der Waals surface area contributed by atoms with Crippen LogP contribution >= 0.6 is 0 Å². The van der Waals surface area contributed by atoms with Gasteiger partial charge >= 0.3 is 6.55 Å². The lowest BCUT2D eigenvalue weighted by atomic mass is 10.1. The van der Waals surface area contributed by atoms with Gasteiger partial charge in [-0.05, 0) is 19.4 Å². The molecule has 0 radical (unpaired) electrons. The highest BCUT2D eigenvalue weighted by Gasteiger charge is 2.28. The molecular weight excluding hydrogens is 276 g/mol. The summed E-state index contributed by atoms with van der Waals surface area (Å²) in [6.07, 6.45) is 5.19. The Kier molecular flexibility index (Phi) is 4.19. The molecule has 108 valence electrons. The first kappa shape index (κ1) is 14.4. The molecule has 1 unspecified atom stereocenters. The van der Waals surface area contributed by atoms with Crippen LogP contribution in [0.25, 0.3) is 0 Å². The van der Waals surface area contributed by atoms with E-state index in [1.54, 1.807) is 0 Å². The molecule has 0 amide bonds. The zero-order valence-corrected chi connectivity index (χ0v) is 11.5. The average molecular weight is 293 g/mol. The summed E-state index contributed by atoms with van der Waals surface area (Å²) in [7, 11) is -3.08. The summed E-state index contributed by atoms with van der Waals surface area (Å²) in [4.78, 5) is 5.78. The van der Waals surface area contributed by atoms with Crippen molar-refractivity contribution in [3.63, 3.8) is 0 Å². The largest absolute Gasteiger partial charge is 0.319 e. The van der Waals surface area contributed by atoms with Crippen LogP contribution in [-0.2, 0) is 16.4 Å². The zero-order valence-electron chi connectivity index (χ0n) is 10.7. The van der Waals surface area contributed by atoms with Gasteiger partial charge in [0.25, 0.3) is 0 Å². The molecule has 0 aliphatic carbocycles. The van der Waals surface area contributed by atoms with E-state index >= 15 is 0 Å². The van der Waals surface area contributed by atoms with Crippen LogP contribution in [0.15, 0.2) is 12.4 Å². The molecule has 2 heterocycles. The summed E-state index contributed by atoms with van der Waals surface area (Å²) in [5, 5.41) is -0.406. The standard InChI is InChI=1S/C11H17F2N3O2S/c1-19(17,18)9-3-2-5-15(7-9)8-10-14-4-6-16(10)11(12)13/h4,6,9,11H,2-3,5,7-8H2,1H3. The molecule has 5 nitrogen and oxygen atoms in total. The maximum Gasteiger partial charge on any atom is 0.319 e. The van der Waals surface area contributed by atoms with Gasteiger partial charge < -0.3 is 0 Å². The molecule has 1 aromatic rings. The molecular formula is C11H17F2N3O2S. The first-order valence-electron chi connectivity index (χ1n) is 6.09. The highest BCUT2D eigenvalue weighted by atomic mass is 32.2. The van der Waals surface area contributed by atoms with Gasteiger partial charge in [-0.1, -0.05) is 0 Å². The van der Waals surface area contributed by atoms with Crippen molar-refractivity contribution in [3.05, 3.63) is 18.2 Å². The molecule has 2 rings (SSSR count). The number of likely N-dealkylation sites (tertiary alicyclic amines) is 1. The van der Waals surface area contributed by atoms with Crippen molar-refractivity contribution in [1.82, 2.24) is 14.5 Å². The van der Waals surface area contributed by atoms with E-state index in [1.165, 1.54) is 18.6 Å². The number of hydrogen-bond donors (Lipinski definition) is 0. The number of nitrogens with zero attached hydrogens (tertiary/aromatic N) is 3. The normalized spacial score (nSPS) is 22.0. The molecule has 1 aromatic heterocycles. The monoisotopic (exact) mass is 293 g/mol. The molecule has 1 fully saturated rings. The lowest BCUT2D eigenvalue weighted by Gasteiger charge is -2.31. The molecule has 0 N–H and O–H groups in total. The predicted octanol–water partition coefficient (Wildman–Crippen LogP) is 1.29. The highest BCUT2D eigenvalue weighted by Crippen LogP contribution is 2.19. The number of sulfone groups is 1. The Labute approximate surface area is 111 Å². The third kappa shape index (κ3) is 3.50. The lowest BCUT2D eigenvalue weighted by molar-refractivity contribution is 0.0632. The van der Waals surface area contributed by atoms with Gasteiger partial charge in [0.05, 0.1) is 11.8 Å². The Morgan fingerprint density at radius 1 is 1.53 bits per heavy atom. The van der Waals surface area contributed by atoms with E-state index in [0.717, 1.165) is 11.0 Å². The first-order valence-corrected chi connectivity index (χ1v) is 8.04. The smallest absolute Gasteiger partial charge is 0.295 e. The van der Waals surface area contributed by atoms with Gasteiger partial charge in [0.2, 0.25) is 0 Å². The van der Waals surface area contributed by atoms with Gasteiger partial charge in [0.1, 0.15) is 5.82 Å². The van der Waals surface area contributed by atoms with E-state index in [2.05, 4.69) is 4.98 Å². The highest BCUT2D eigenvalue weighted by molar-refractivity contribution is 7.91. The fourth-order valence-corrected chi connectivity index (χ4v) is 3.43. The second-order valence-corrected chi connectivity index (χ2v) is 7.18. The second-order valence-electron chi connectivity index (χ2n) is 4.86.